The highest BCUT2D eigenvalue weighted by Crippen LogP contribution is 2.29. The standard InChI is InChI=1S/C19H15ClF2N2O3/c1-23(2)8-10-3-5-11(6-4-10)24-9-13(19(26)27)18(25)12-7-14(21)16(22)15(20)17(12)24/h3-7,9H,8H2,1-2H3,(H,26,27). The molecule has 0 aliphatic carbocycles. The molecule has 0 saturated carbocycles. The summed E-state index contributed by atoms with van der Waals surface area (Å²) < 4.78 is 29.1. The van der Waals surface area contributed by atoms with Crippen LogP contribution in [0.15, 0.2) is 41.3 Å². The molecule has 2 aromatic carbocycles. The normalized spacial score (nSPS) is 11.3. The summed E-state index contributed by atoms with van der Waals surface area (Å²) in [6.45, 7) is 0.687. The zero-order valence-electron chi connectivity index (χ0n) is 14.5. The van der Waals surface area contributed by atoms with Gasteiger partial charge in [-0.3, -0.25) is 4.79 Å². The molecule has 0 saturated heterocycles. The Hall–Kier alpha value is -2.77. The monoisotopic (exact) mass is 392 g/mol. The Bertz CT molecular complexity index is 1110. The van der Waals surface area contributed by atoms with E-state index in [9.17, 15) is 23.5 Å². The molecular weight excluding hydrogens is 378 g/mol. The molecule has 8 heteroatoms. The van der Waals surface area contributed by atoms with Crippen molar-refractivity contribution in [1.29, 1.82) is 0 Å². The number of hydrogen-bond acceptors (Lipinski definition) is 3. The van der Waals surface area contributed by atoms with Crippen LogP contribution in [-0.4, -0.2) is 34.6 Å². The van der Waals surface area contributed by atoms with Gasteiger partial charge in [0.1, 0.15) is 10.6 Å². The third-order valence-corrected chi connectivity index (χ3v) is 4.41. The molecule has 3 aromatic rings. The molecule has 27 heavy (non-hydrogen) atoms. The second kappa shape index (κ2) is 7.09. The molecular formula is C19H15ClF2N2O3. The minimum absolute atomic E-state index is 0.0917. The summed E-state index contributed by atoms with van der Waals surface area (Å²) in [5.41, 5.74) is -0.138. The molecule has 1 aromatic heterocycles. The highest BCUT2D eigenvalue weighted by molar-refractivity contribution is 6.35. The number of aromatic carboxylic acids is 1. The molecule has 1 heterocycles. The van der Waals surface area contributed by atoms with Crippen LogP contribution in [0.1, 0.15) is 15.9 Å². The third-order valence-electron chi connectivity index (χ3n) is 4.07. The van der Waals surface area contributed by atoms with E-state index in [-0.39, 0.29) is 10.9 Å². The molecule has 5 nitrogen and oxygen atoms in total. The smallest absolute Gasteiger partial charge is 0.341 e. The van der Waals surface area contributed by atoms with Crippen molar-refractivity contribution in [3.05, 3.63) is 74.5 Å². The van der Waals surface area contributed by atoms with E-state index in [1.54, 1.807) is 12.1 Å². The molecule has 0 fully saturated rings. The summed E-state index contributed by atoms with van der Waals surface area (Å²) in [6, 6.07) is 7.67. The van der Waals surface area contributed by atoms with E-state index in [0.29, 0.717) is 18.3 Å². The molecule has 0 unspecified atom stereocenters. The molecule has 0 radical (unpaired) electrons. The molecule has 0 atom stereocenters. The number of halogens is 3. The van der Waals surface area contributed by atoms with Crippen LogP contribution in [-0.2, 0) is 6.54 Å². The molecule has 0 amide bonds. The van der Waals surface area contributed by atoms with E-state index in [1.807, 2.05) is 31.1 Å². The van der Waals surface area contributed by atoms with Gasteiger partial charge in [0.25, 0.3) is 0 Å². The van der Waals surface area contributed by atoms with E-state index in [1.165, 1.54) is 4.57 Å². The maximum Gasteiger partial charge on any atom is 0.341 e. The molecule has 0 aliphatic rings. The van der Waals surface area contributed by atoms with Gasteiger partial charge in [0, 0.05) is 18.4 Å². The van der Waals surface area contributed by atoms with Gasteiger partial charge in [-0.05, 0) is 37.9 Å². The van der Waals surface area contributed by atoms with Gasteiger partial charge in [0.05, 0.1) is 10.9 Å². The molecule has 140 valence electrons. The van der Waals surface area contributed by atoms with Gasteiger partial charge in [-0.2, -0.15) is 0 Å². The SMILES string of the molecule is CN(C)Cc1ccc(-n2cc(C(=O)O)c(=O)c3cc(F)c(F)c(Cl)c32)cc1. The van der Waals surface area contributed by atoms with Crippen LogP contribution in [0.2, 0.25) is 5.02 Å². The van der Waals surface area contributed by atoms with E-state index in [2.05, 4.69) is 0 Å². The van der Waals surface area contributed by atoms with Crippen molar-refractivity contribution in [2.45, 2.75) is 6.54 Å². The molecule has 0 aliphatic heterocycles. The fourth-order valence-corrected chi connectivity index (χ4v) is 3.16. The first-order valence-electron chi connectivity index (χ1n) is 7.91. The highest BCUT2D eigenvalue weighted by atomic mass is 35.5. The molecule has 0 spiro atoms. The van der Waals surface area contributed by atoms with Crippen LogP contribution >= 0.6 is 11.6 Å². The zero-order chi connectivity index (χ0) is 19.9. The third kappa shape index (κ3) is 3.43. The molecule has 0 bridgehead atoms. The second-order valence-electron chi connectivity index (χ2n) is 6.33. The maximum atomic E-state index is 14.0. The van der Waals surface area contributed by atoms with Crippen molar-refractivity contribution in [3.8, 4) is 5.69 Å². The number of carboxylic acids is 1. The fraction of sp³-hybridized carbons (Fsp3) is 0.158. The van der Waals surface area contributed by atoms with Crippen LogP contribution in [0.25, 0.3) is 16.6 Å². The van der Waals surface area contributed by atoms with Crippen molar-refractivity contribution < 1.29 is 18.7 Å². The fourth-order valence-electron chi connectivity index (χ4n) is 2.87. The number of rotatable bonds is 4. The van der Waals surface area contributed by atoms with Gasteiger partial charge in [0.2, 0.25) is 5.43 Å². The van der Waals surface area contributed by atoms with Crippen molar-refractivity contribution in [2.75, 3.05) is 14.1 Å². The van der Waals surface area contributed by atoms with Gasteiger partial charge < -0.3 is 14.6 Å². The summed E-state index contributed by atoms with van der Waals surface area (Å²) in [5.74, 6) is -4.09. The van der Waals surface area contributed by atoms with Crippen molar-refractivity contribution >= 4 is 28.5 Å². The minimum atomic E-state index is -1.47. The first kappa shape index (κ1) is 19.0. The quantitative estimate of drug-likeness (QED) is 0.688. The van der Waals surface area contributed by atoms with E-state index >= 15 is 0 Å². The largest absolute Gasteiger partial charge is 0.477 e. The molecule has 3 rings (SSSR count). The average molecular weight is 393 g/mol. The summed E-state index contributed by atoms with van der Waals surface area (Å²) in [5, 5.41) is 8.42. The lowest BCUT2D eigenvalue weighted by molar-refractivity contribution is 0.0695. The highest BCUT2D eigenvalue weighted by Gasteiger charge is 2.21. The van der Waals surface area contributed by atoms with Crippen molar-refractivity contribution in [2.24, 2.45) is 0 Å². The molecule has 1 N–H and O–H groups in total. The minimum Gasteiger partial charge on any atom is -0.477 e. The Morgan fingerprint density at radius 2 is 1.85 bits per heavy atom. The van der Waals surface area contributed by atoms with Gasteiger partial charge >= 0.3 is 5.97 Å². The van der Waals surface area contributed by atoms with E-state index in [4.69, 9.17) is 11.6 Å². The number of hydrogen-bond donors (Lipinski definition) is 1. The van der Waals surface area contributed by atoms with Crippen molar-refractivity contribution in [1.82, 2.24) is 9.47 Å². The first-order valence-corrected chi connectivity index (χ1v) is 8.28. The maximum absolute atomic E-state index is 14.0. The van der Waals surface area contributed by atoms with Crippen LogP contribution < -0.4 is 5.43 Å². The second-order valence-corrected chi connectivity index (χ2v) is 6.71. The van der Waals surface area contributed by atoms with Crippen LogP contribution in [0.5, 0.6) is 0 Å². The summed E-state index contributed by atoms with van der Waals surface area (Å²) in [7, 11) is 3.83. The van der Waals surface area contributed by atoms with Crippen LogP contribution in [0.4, 0.5) is 8.78 Å². The number of fused-ring (bicyclic) bond motifs is 1. The Morgan fingerprint density at radius 3 is 2.41 bits per heavy atom. The lowest BCUT2D eigenvalue weighted by Crippen LogP contribution is -2.19. The topological polar surface area (TPSA) is 62.5 Å². The summed E-state index contributed by atoms with van der Waals surface area (Å²) >= 11 is 5.96. The number of benzene rings is 2. The number of carboxylic acid groups (broad SMARTS) is 1. The predicted octanol–water partition coefficient (Wildman–Crippen LogP) is 3.68. The van der Waals surface area contributed by atoms with E-state index < -0.39 is 33.6 Å². The Kier molecular flexibility index (Phi) is 4.99. The number of pyridine rings is 1. The van der Waals surface area contributed by atoms with Crippen molar-refractivity contribution in [3.63, 3.8) is 0 Å². The predicted molar refractivity (Wildman–Crippen MR) is 98.8 cm³/mol. The Morgan fingerprint density at radius 1 is 1.22 bits per heavy atom. The summed E-state index contributed by atoms with van der Waals surface area (Å²) in [6.07, 6.45) is 1.07. The van der Waals surface area contributed by atoms with E-state index in [0.717, 1.165) is 11.8 Å². The van der Waals surface area contributed by atoms with Crippen LogP contribution in [0.3, 0.4) is 0 Å². The lowest BCUT2D eigenvalue weighted by atomic mass is 10.1. The first-order chi connectivity index (χ1) is 12.7. The van der Waals surface area contributed by atoms with Gasteiger partial charge in [-0.25, -0.2) is 13.6 Å². The number of carbonyl (C=O) groups is 1. The number of nitrogens with zero attached hydrogens (tertiary/aromatic N) is 2. The lowest BCUT2D eigenvalue weighted by Gasteiger charge is -2.15. The van der Waals surface area contributed by atoms with Gasteiger partial charge in [-0.1, -0.05) is 23.7 Å². The zero-order valence-corrected chi connectivity index (χ0v) is 15.2. The summed E-state index contributed by atoms with van der Waals surface area (Å²) in [4.78, 5) is 25.8. The van der Waals surface area contributed by atoms with Gasteiger partial charge in [0.15, 0.2) is 11.6 Å². The van der Waals surface area contributed by atoms with Crippen LogP contribution in [0, 0.1) is 11.6 Å². The van der Waals surface area contributed by atoms with Gasteiger partial charge in [-0.15, -0.1) is 0 Å². The number of aromatic nitrogens is 1. The Labute approximate surface area is 158 Å². The Balaban J connectivity index is 2.34. The average Bonchev–Trinajstić information content (AvgIpc) is 2.60.